The van der Waals surface area contributed by atoms with Crippen molar-refractivity contribution in [2.45, 2.75) is 32.7 Å². The standard InChI is InChI=1S/C26H26N6O3/c1-2-13-32-26(35)19-11-5-4-10-18(19)22(30-32)25(34)29-28-24(33)20-16-17-9-3-6-12-21(17)27-23(20)31-14-7-8-15-31/h3-6,9-12,16H,2,7-8,13-15H2,1H3,(H,28,33)(H,29,34). The number of hydrogen-bond acceptors (Lipinski definition) is 6. The van der Waals surface area contributed by atoms with Crippen molar-refractivity contribution in [1.29, 1.82) is 0 Å². The van der Waals surface area contributed by atoms with Gasteiger partial charge in [0.05, 0.1) is 16.5 Å². The van der Waals surface area contributed by atoms with Crippen LogP contribution in [0.2, 0.25) is 0 Å². The molecule has 0 unspecified atom stereocenters. The summed E-state index contributed by atoms with van der Waals surface area (Å²) in [6.07, 6.45) is 2.77. The lowest BCUT2D eigenvalue weighted by Crippen LogP contribution is -2.43. The van der Waals surface area contributed by atoms with Crippen molar-refractivity contribution in [2.24, 2.45) is 0 Å². The summed E-state index contributed by atoms with van der Waals surface area (Å²) in [4.78, 5) is 45.9. The average molecular weight is 471 g/mol. The zero-order valence-electron chi connectivity index (χ0n) is 19.5. The normalized spacial score (nSPS) is 13.3. The molecule has 5 rings (SSSR count). The summed E-state index contributed by atoms with van der Waals surface area (Å²) in [5.74, 6) is -0.464. The number of hydrazine groups is 1. The van der Waals surface area contributed by atoms with E-state index in [2.05, 4.69) is 20.9 Å². The second-order valence-corrected chi connectivity index (χ2v) is 8.58. The molecule has 35 heavy (non-hydrogen) atoms. The maximum atomic E-state index is 13.2. The van der Waals surface area contributed by atoms with E-state index in [0.29, 0.717) is 35.1 Å². The molecule has 1 fully saturated rings. The van der Waals surface area contributed by atoms with Gasteiger partial charge >= 0.3 is 0 Å². The van der Waals surface area contributed by atoms with E-state index in [1.807, 2.05) is 31.2 Å². The Kier molecular flexibility index (Phi) is 6.13. The van der Waals surface area contributed by atoms with Crippen LogP contribution in [0.1, 0.15) is 47.0 Å². The van der Waals surface area contributed by atoms with Crippen LogP contribution < -0.4 is 21.3 Å². The zero-order valence-corrected chi connectivity index (χ0v) is 19.5. The highest BCUT2D eigenvalue weighted by atomic mass is 16.2. The van der Waals surface area contributed by atoms with Gasteiger partial charge in [0.1, 0.15) is 5.82 Å². The molecule has 0 saturated carbocycles. The fraction of sp³-hybridized carbons (Fsp3) is 0.269. The van der Waals surface area contributed by atoms with Crippen LogP contribution in [0.15, 0.2) is 59.4 Å². The van der Waals surface area contributed by atoms with Crippen LogP contribution in [0, 0.1) is 0 Å². The second kappa shape index (κ2) is 9.54. The third-order valence-corrected chi connectivity index (χ3v) is 6.16. The van der Waals surface area contributed by atoms with E-state index in [-0.39, 0.29) is 11.3 Å². The van der Waals surface area contributed by atoms with E-state index in [4.69, 9.17) is 4.98 Å². The number of para-hydroxylation sites is 1. The van der Waals surface area contributed by atoms with Gasteiger partial charge in [0.15, 0.2) is 5.69 Å². The Labute approximate surface area is 201 Å². The van der Waals surface area contributed by atoms with Gasteiger partial charge in [-0.3, -0.25) is 25.2 Å². The monoisotopic (exact) mass is 470 g/mol. The van der Waals surface area contributed by atoms with Gasteiger partial charge in [-0.25, -0.2) is 9.67 Å². The molecule has 3 heterocycles. The Morgan fingerprint density at radius 3 is 2.40 bits per heavy atom. The highest BCUT2D eigenvalue weighted by molar-refractivity contribution is 6.07. The molecule has 0 atom stereocenters. The highest BCUT2D eigenvalue weighted by Gasteiger charge is 2.23. The lowest BCUT2D eigenvalue weighted by molar-refractivity contribution is 0.0844. The van der Waals surface area contributed by atoms with Crippen LogP contribution in [0.3, 0.4) is 0 Å². The van der Waals surface area contributed by atoms with E-state index in [1.54, 1.807) is 30.3 Å². The van der Waals surface area contributed by atoms with Crippen molar-refractivity contribution in [3.8, 4) is 0 Å². The van der Waals surface area contributed by atoms with E-state index in [0.717, 1.165) is 36.8 Å². The van der Waals surface area contributed by atoms with Crippen molar-refractivity contribution in [1.82, 2.24) is 25.6 Å². The van der Waals surface area contributed by atoms with Crippen LogP contribution in [-0.2, 0) is 6.54 Å². The third-order valence-electron chi connectivity index (χ3n) is 6.16. The lowest BCUT2D eigenvalue weighted by atomic mass is 10.1. The average Bonchev–Trinajstić information content (AvgIpc) is 3.43. The molecule has 0 bridgehead atoms. The first-order valence-electron chi connectivity index (χ1n) is 11.8. The van der Waals surface area contributed by atoms with E-state index >= 15 is 0 Å². The number of aromatic nitrogens is 3. The number of hydrogen-bond donors (Lipinski definition) is 2. The number of nitrogens with one attached hydrogen (secondary N) is 2. The van der Waals surface area contributed by atoms with Crippen molar-refractivity contribution in [2.75, 3.05) is 18.0 Å². The van der Waals surface area contributed by atoms with Crippen molar-refractivity contribution in [3.05, 3.63) is 76.2 Å². The first-order valence-corrected chi connectivity index (χ1v) is 11.8. The number of carbonyl (C=O) groups is 2. The van der Waals surface area contributed by atoms with Crippen molar-refractivity contribution >= 4 is 39.3 Å². The minimum absolute atomic E-state index is 0.0744. The van der Waals surface area contributed by atoms with Crippen LogP contribution in [0.25, 0.3) is 21.7 Å². The van der Waals surface area contributed by atoms with Crippen LogP contribution in [-0.4, -0.2) is 39.7 Å². The predicted molar refractivity (Wildman–Crippen MR) is 134 cm³/mol. The maximum absolute atomic E-state index is 13.2. The molecule has 1 aliphatic rings. The van der Waals surface area contributed by atoms with Crippen molar-refractivity contribution in [3.63, 3.8) is 0 Å². The summed E-state index contributed by atoms with van der Waals surface area (Å²) in [7, 11) is 0. The number of pyridine rings is 1. The molecule has 2 aromatic heterocycles. The Morgan fingerprint density at radius 2 is 1.63 bits per heavy atom. The van der Waals surface area contributed by atoms with E-state index in [1.165, 1.54) is 4.68 Å². The second-order valence-electron chi connectivity index (χ2n) is 8.58. The minimum atomic E-state index is -0.601. The van der Waals surface area contributed by atoms with Gasteiger partial charge in [-0.2, -0.15) is 5.10 Å². The predicted octanol–water partition coefficient (Wildman–Crippen LogP) is 3.03. The summed E-state index contributed by atoms with van der Waals surface area (Å²) >= 11 is 0. The molecule has 0 spiro atoms. The van der Waals surface area contributed by atoms with Gasteiger partial charge < -0.3 is 4.90 Å². The number of nitrogens with zero attached hydrogens (tertiary/aromatic N) is 4. The molecule has 1 aliphatic heterocycles. The Morgan fingerprint density at radius 1 is 0.943 bits per heavy atom. The zero-order chi connectivity index (χ0) is 24.4. The summed E-state index contributed by atoms with van der Waals surface area (Å²) < 4.78 is 1.29. The molecule has 178 valence electrons. The number of fused-ring (bicyclic) bond motifs is 2. The first kappa shape index (κ1) is 22.5. The smallest absolute Gasteiger partial charge is 0.290 e. The van der Waals surface area contributed by atoms with Gasteiger partial charge in [0, 0.05) is 30.4 Å². The maximum Gasteiger partial charge on any atom is 0.290 e. The number of amides is 2. The Hall–Kier alpha value is -4.27. The number of carbonyl (C=O) groups excluding carboxylic acids is 2. The molecule has 2 amide bonds. The fourth-order valence-electron chi connectivity index (χ4n) is 4.45. The van der Waals surface area contributed by atoms with Crippen molar-refractivity contribution < 1.29 is 9.59 Å². The fourth-order valence-corrected chi connectivity index (χ4v) is 4.45. The van der Waals surface area contributed by atoms with Crippen LogP contribution >= 0.6 is 0 Å². The van der Waals surface area contributed by atoms with Gasteiger partial charge in [0.25, 0.3) is 17.4 Å². The Bertz CT molecular complexity index is 1490. The molecule has 2 N–H and O–H groups in total. The quantitative estimate of drug-likeness (QED) is 0.434. The molecule has 1 saturated heterocycles. The molecule has 0 aliphatic carbocycles. The summed E-state index contributed by atoms with van der Waals surface area (Å²) in [5, 5.41) is 5.96. The van der Waals surface area contributed by atoms with Gasteiger partial charge in [0.2, 0.25) is 0 Å². The SMILES string of the molecule is CCCn1nc(C(=O)NNC(=O)c2cc3ccccc3nc2N2CCCC2)c2ccccc2c1=O. The topological polar surface area (TPSA) is 109 Å². The largest absolute Gasteiger partial charge is 0.356 e. The molecule has 4 aromatic rings. The summed E-state index contributed by atoms with van der Waals surface area (Å²) in [6, 6.07) is 16.3. The lowest BCUT2D eigenvalue weighted by Gasteiger charge is -2.20. The molecule has 0 radical (unpaired) electrons. The molecular weight excluding hydrogens is 444 g/mol. The number of anilines is 1. The number of aryl methyl sites for hydroxylation is 1. The highest BCUT2D eigenvalue weighted by Crippen LogP contribution is 2.26. The summed E-state index contributed by atoms with van der Waals surface area (Å²) in [5.41, 5.74) is 6.03. The van der Waals surface area contributed by atoms with Crippen LogP contribution in [0.4, 0.5) is 5.82 Å². The first-order chi connectivity index (χ1) is 17.1. The minimum Gasteiger partial charge on any atom is -0.356 e. The van der Waals surface area contributed by atoms with E-state index in [9.17, 15) is 14.4 Å². The molecule has 2 aromatic carbocycles. The van der Waals surface area contributed by atoms with Gasteiger partial charge in [-0.15, -0.1) is 0 Å². The summed E-state index contributed by atoms with van der Waals surface area (Å²) in [6.45, 7) is 3.97. The molecular formula is C26H26N6O3. The van der Waals surface area contributed by atoms with Gasteiger partial charge in [-0.1, -0.05) is 43.3 Å². The Balaban J connectivity index is 1.45. The third kappa shape index (κ3) is 4.32. The van der Waals surface area contributed by atoms with Gasteiger partial charge in [-0.05, 0) is 37.5 Å². The molecule has 9 nitrogen and oxygen atoms in total. The van der Waals surface area contributed by atoms with Crippen LogP contribution in [0.5, 0.6) is 0 Å². The number of rotatable bonds is 5. The number of benzene rings is 2. The molecule has 9 heteroatoms. The van der Waals surface area contributed by atoms with E-state index < -0.39 is 11.8 Å².